The van der Waals surface area contributed by atoms with E-state index in [4.69, 9.17) is 9.47 Å². The summed E-state index contributed by atoms with van der Waals surface area (Å²) in [6.45, 7) is 0. The maximum atomic E-state index is 11.9. The molecule has 3 aromatic rings. The van der Waals surface area contributed by atoms with Gasteiger partial charge in [-0.2, -0.15) is 4.73 Å². The number of pyridine rings is 1. The molecular formula is C16H12N2O6. The first-order valence-electron chi connectivity index (χ1n) is 6.85. The summed E-state index contributed by atoms with van der Waals surface area (Å²) >= 11 is 0. The van der Waals surface area contributed by atoms with Crippen molar-refractivity contribution < 1.29 is 24.2 Å². The minimum Gasteiger partial charge on any atom is -0.618 e. The number of aromatic nitrogens is 1. The van der Waals surface area contributed by atoms with Gasteiger partial charge in [-0.3, -0.25) is 10.1 Å². The summed E-state index contributed by atoms with van der Waals surface area (Å²) in [6, 6.07) is 9.79. The standard InChI is InChI=1S/C16H12N2O6/c1-23-16-8-12-13(9-14(16)19)17(20)7-6-15(12)24-11-4-2-10(3-5-11)18(21)22/h2-9,19H,1H3. The molecule has 0 aliphatic heterocycles. The van der Waals surface area contributed by atoms with Crippen LogP contribution in [0.5, 0.6) is 23.0 Å². The van der Waals surface area contributed by atoms with Crippen molar-refractivity contribution in [3.63, 3.8) is 0 Å². The summed E-state index contributed by atoms with van der Waals surface area (Å²) in [5.74, 6) is 0.756. The number of aromatic hydroxyl groups is 1. The highest BCUT2D eigenvalue weighted by atomic mass is 16.6. The molecule has 0 aliphatic rings. The van der Waals surface area contributed by atoms with E-state index in [9.17, 15) is 20.4 Å². The molecule has 1 N–H and O–H groups in total. The third-order valence-corrected chi connectivity index (χ3v) is 3.44. The lowest BCUT2D eigenvalue weighted by atomic mass is 10.2. The highest BCUT2D eigenvalue weighted by Crippen LogP contribution is 2.35. The van der Waals surface area contributed by atoms with E-state index in [0.717, 1.165) is 0 Å². The van der Waals surface area contributed by atoms with Crippen molar-refractivity contribution >= 4 is 16.6 Å². The quantitative estimate of drug-likeness (QED) is 0.341. The first-order chi connectivity index (χ1) is 11.5. The molecule has 0 unspecified atom stereocenters. The van der Waals surface area contributed by atoms with Gasteiger partial charge >= 0.3 is 0 Å². The van der Waals surface area contributed by atoms with Crippen molar-refractivity contribution in [1.29, 1.82) is 0 Å². The van der Waals surface area contributed by atoms with E-state index in [2.05, 4.69) is 0 Å². The van der Waals surface area contributed by atoms with E-state index >= 15 is 0 Å². The molecule has 8 heteroatoms. The Kier molecular flexibility index (Phi) is 3.78. The van der Waals surface area contributed by atoms with Crippen LogP contribution in [0.1, 0.15) is 0 Å². The zero-order valence-corrected chi connectivity index (χ0v) is 12.5. The van der Waals surface area contributed by atoms with Crippen LogP contribution in [-0.4, -0.2) is 17.1 Å². The van der Waals surface area contributed by atoms with Crippen LogP contribution in [0.2, 0.25) is 0 Å². The van der Waals surface area contributed by atoms with E-state index in [1.807, 2.05) is 0 Å². The van der Waals surface area contributed by atoms with Crippen LogP contribution in [0.3, 0.4) is 0 Å². The van der Waals surface area contributed by atoms with Gasteiger partial charge in [0.05, 0.1) is 23.5 Å². The van der Waals surface area contributed by atoms with Crippen LogP contribution in [0.25, 0.3) is 10.9 Å². The number of non-ortho nitro benzene ring substituents is 1. The normalized spacial score (nSPS) is 10.5. The number of fused-ring (bicyclic) bond motifs is 1. The molecule has 0 atom stereocenters. The lowest BCUT2D eigenvalue weighted by Gasteiger charge is -2.11. The second-order valence-electron chi connectivity index (χ2n) is 4.90. The number of hydrogen-bond acceptors (Lipinski definition) is 6. The van der Waals surface area contributed by atoms with E-state index in [0.29, 0.717) is 21.6 Å². The lowest BCUT2D eigenvalue weighted by molar-refractivity contribution is -0.577. The Morgan fingerprint density at radius 2 is 1.83 bits per heavy atom. The van der Waals surface area contributed by atoms with Gasteiger partial charge in [0.15, 0.2) is 17.7 Å². The molecule has 1 heterocycles. The number of phenols is 1. The Labute approximate surface area is 135 Å². The smallest absolute Gasteiger partial charge is 0.269 e. The SMILES string of the molecule is COc1cc2c(Oc3ccc([N+](=O)[O-])cc3)cc[n+]([O-])c2cc1O. The van der Waals surface area contributed by atoms with E-state index < -0.39 is 4.92 Å². The van der Waals surface area contributed by atoms with Gasteiger partial charge < -0.3 is 19.8 Å². The Morgan fingerprint density at radius 3 is 2.46 bits per heavy atom. The molecule has 0 aliphatic carbocycles. The van der Waals surface area contributed by atoms with Gasteiger partial charge in [-0.25, -0.2) is 0 Å². The molecule has 0 saturated heterocycles. The van der Waals surface area contributed by atoms with Gasteiger partial charge in [-0.15, -0.1) is 0 Å². The van der Waals surface area contributed by atoms with Crippen LogP contribution in [-0.2, 0) is 0 Å². The number of methoxy groups -OCH3 is 1. The largest absolute Gasteiger partial charge is 0.618 e. The molecule has 2 aromatic carbocycles. The number of hydrogen-bond donors (Lipinski definition) is 1. The van der Waals surface area contributed by atoms with Gasteiger partial charge in [0.1, 0.15) is 11.5 Å². The minimum absolute atomic E-state index is 0.0516. The van der Waals surface area contributed by atoms with Crippen molar-refractivity contribution in [3.05, 3.63) is 64.0 Å². The number of benzene rings is 2. The number of rotatable bonds is 4. The maximum absolute atomic E-state index is 11.9. The van der Waals surface area contributed by atoms with E-state index in [-0.39, 0.29) is 22.7 Å². The van der Waals surface area contributed by atoms with Crippen molar-refractivity contribution in [3.8, 4) is 23.0 Å². The summed E-state index contributed by atoms with van der Waals surface area (Å²) in [6.07, 6.45) is 1.25. The molecule has 8 nitrogen and oxygen atoms in total. The van der Waals surface area contributed by atoms with Crippen molar-refractivity contribution in [2.45, 2.75) is 0 Å². The average Bonchev–Trinajstić information content (AvgIpc) is 2.57. The third-order valence-electron chi connectivity index (χ3n) is 3.44. The number of nitrogens with zero attached hydrogens (tertiary/aromatic N) is 2. The highest BCUT2D eigenvalue weighted by Gasteiger charge is 2.16. The number of ether oxygens (including phenoxy) is 2. The Balaban J connectivity index is 2.05. The Hall–Kier alpha value is -3.55. The highest BCUT2D eigenvalue weighted by molar-refractivity contribution is 5.86. The zero-order valence-electron chi connectivity index (χ0n) is 12.5. The van der Waals surface area contributed by atoms with Crippen molar-refractivity contribution in [2.24, 2.45) is 0 Å². The second kappa shape index (κ2) is 5.92. The topological polar surface area (TPSA) is 109 Å². The van der Waals surface area contributed by atoms with Gasteiger partial charge in [-0.05, 0) is 12.1 Å². The number of nitro groups is 1. The lowest BCUT2D eigenvalue weighted by Crippen LogP contribution is -2.25. The van der Waals surface area contributed by atoms with Crippen LogP contribution < -0.4 is 14.2 Å². The van der Waals surface area contributed by atoms with Crippen LogP contribution in [0.15, 0.2) is 48.7 Å². The number of nitro benzene ring substituents is 1. The van der Waals surface area contributed by atoms with Crippen LogP contribution in [0, 0.1) is 15.3 Å². The molecule has 0 fully saturated rings. The van der Waals surface area contributed by atoms with Crippen LogP contribution >= 0.6 is 0 Å². The zero-order chi connectivity index (χ0) is 17.3. The molecule has 3 rings (SSSR count). The molecule has 0 amide bonds. The first-order valence-corrected chi connectivity index (χ1v) is 6.85. The Bertz CT molecular complexity index is 924. The molecule has 122 valence electrons. The minimum atomic E-state index is -0.504. The predicted molar refractivity (Wildman–Crippen MR) is 84.3 cm³/mol. The fourth-order valence-electron chi connectivity index (χ4n) is 2.26. The van der Waals surface area contributed by atoms with Crippen molar-refractivity contribution in [2.75, 3.05) is 7.11 Å². The fourth-order valence-corrected chi connectivity index (χ4v) is 2.26. The predicted octanol–water partition coefficient (Wildman–Crippen LogP) is 2.89. The monoisotopic (exact) mass is 328 g/mol. The molecule has 24 heavy (non-hydrogen) atoms. The molecule has 0 spiro atoms. The van der Waals surface area contributed by atoms with Gasteiger partial charge in [-0.1, -0.05) is 0 Å². The second-order valence-corrected chi connectivity index (χ2v) is 4.90. The number of phenolic OH excluding ortho intramolecular Hbond substituents is 1. The molecular weight excluding hydrogens is 316 g/mol. The van der Waals surface area contributed by atoms with Gasteiger partial charge in [0, 0.05) is 24.3 Å². The van der Waals surface area contributed by atoms with E-state index in [1.165, 1.54) is 55.8 Å². The maximum Gasteiger partial charge on any atom is 0.269 e. The summed E-state index contributed by atoms with van der Waals surface area (Å²) in [4.78, 5) is 10.2. The molecule has 0 saturated carbocycles. The van der Waals surface area contributed by atoms with Gasteiger partial charge in [0.25, 0.3) is 5.69 Å². The summed E-state index contributed by atoms with van der Waals surface area (Å²) in [5.41, 5.74) is 0.150. The fraction of sp³-hybridized carbons (Fsp3) is 0.0625. The van der Waals surface area contributed by atoms with E-state index in [1.54, 1.807) is 0 Å². The summed E-state index contributed by atoms with van der Waals surface area (Å²) in [5, 5.41) is 32.8. The summed E-state index contributed by atoms with van der Waals surface area (Å²) in [7, 11) is 1.39. The molecule has 0 radical (unpaired) electrons. The van der Waals surface area contributed by atoms with Gasteiger partial charge in [0.2, 0.25) is 5.52 Å². The average molecular weight is 328 g/mol. The summed E-state index contributed by atoms with van der Waals surface area (Å²) < 4.78 is 11.4. The molecule has 1 aromatic heterocycles. The van der Waals surface area contributed by atoms with Crippen molar-refractivity contribution in [1.82, 2.24) is 0 Å². The third kappa shape index (κ3) is 2.72. The molecule has 0 bridgehead atoms. The van der Waals surface area contributed by atoms with Crippen LogP contribution in [0.4, 0.5) is 5.69 Å². The first kappa shape index (κ1) is 15.3. The Morgan fingerprint density at radius 1 is 1.12 bits per heavy atom.